The van der Waals surface area contributed by atoms with E-state index in [9.17, 15) is 0 Å². The smallest absolute Gasteiger partial charge is 0.312 e. The van der Waals surface area contributed by atoms with Gasteiger partial charge in [-0.1, -0.05) is 151 Å². The second kappa shape index (κ2) is 11.2. The van der Waals surface area contributed by atoms with Gasteiger partial charge in [0.2, 0.25) is 0 Å². The third-order valence-electron chi connectivity index (χ3n) is 6.41. The highest BCUT2D eigenvalue weighted by Crippen LogP contribution is 2.80. The van der Waals surface area contributed by atoms with Gasteiger partial charge in [-0.2, -0.15) is 9.03 Å². The van der Waals surface area contributed by atoms with Crippen molar-refractivity contribution < 1.29 is 4.52 Å². The third-order valence-corrected chi connectivity index (χ3v) is 20.3. The lowest BCUT2D eigenvalue weighted by Gasteiger charge is -2.36. The van der Waals surface area contributed by atoms with Crippen LogP contribution in [0.15, 0.2) is 165 Å². The van der Waals surface area contributed by atoms with Gasteiger partial charge in [0.05, 0.1) is 0 Å². The van der Waals surface area contributed by atoms with Crippen LogP contribution in [0.25, 0.3) is 0 Å². The van der Waals surface area contributed by atoms with Gasteiger partial charge in [-0.3, -0.25) is 0 Å². The number of hydrogen-bond acceptors (Lipinski definition) is 5. The summed E-state index contributed by atoms with van der Waals surface area (Å²) in [7, 11) is -5.43. The largest absolute Gasteiger partial charge is 0.434 e. The first kappa shape index (κ1) is 26.2. The van der Waals surface area contributed by atoms with Gasteiger partial charge in [0, 0.05) is 21.2 Å². The van der Waals surface area contributed by atoms with E-state index in [1.807, 2.05) is 54.6 Å². The summed E-state index contributed by atoms with van der Waals surface area (Å²) in [6, 6.07) is 52.2. The van der Waals surface area contributed by atoms with Gasteiger partial charge in [-0.15, -0.1) is 0 Å². The Bertz CT molecular complexity index is 1560. The standard InChI is InChI=1S/C31H28N3OP3S/c1-39-38(35-27-17-7-2-8-18-27)33-36(28-19-9-3-10-20-28,29-21-11-4-12-22-29)32-37(34-38,30-23-13-5-14-24-30)31-25-15-6-16-26-31/h2-26H,1H3. The van der Waals surface area contributed by atoms with E-state index in [2.05, 4.69) is 103 Å². The number of benzene rings is 5. The molecule has 8 heteroatoms. The van der Waals surface area contributed by atoms with Crippen molar-refractivity contribution in [2.24, 2.45) is 13.5 Å². The van der Waals surface area contributed by atoms with Crippen LogP contribution in [0.3, 0.4) is 0 Å². The van der Waals surface area contributed by atoms with Gasteiger partial charge in [0.1, 0.15) is 20.2 Å². The second-order valence-corrected chi connectivity index (χ2v) is 19.6. The predicted molar refractivity (Wildman–Crippen MR) is 173 cm³/mol. The van der Waals surface area contributed by atoms with Crippen molar-refractivity contribution in [1.29, 1.82) is 0 Å². The zero-order chi connectivity index (χ0) is 26.6. The van der Waals surface area contributed by atoms with Crippen molar-refractivity contribution in [2.75, 3.05) is 6.26 Å². The van der Waals surface area contributed by atoms with Crippen molar-refractivity contribution in [1.82, 2.24) is 0 Å². The summed E-state index contributed by atoms with van der Waals surface area (Å²) in [5.74, 6) is 0.771. The third kappa shape index (κ3) is 5.02. The number of hydrogen-bond donors (Lipinski definition) is 0. The molecule has 0 saturated heterocycles. The van der Waals surface area contributed by atoms with Gasteiger partial charge in [-0.25, -0.2) is 4.52 Å². The summed E-state index contributed by atoms with van der Waals surface area (Å²) in [5, 5.41) is 4.43. The molecule has 6 rings (SSSR count). The van der Waals surface area contributed by atoms with Crippen molar-refractivity contribution in [3.63, 3.8) is 0 Å². The zero-order valence-electron chi connectivity index (χ0n) is 21.4. The Kier molecular flexibility index (Phi) is 7.52. The van der Waals surface area contributed by atoms with Crippen LogP contribution in [0.5, 0.6) is 5.75 Å². The Morgan fingerprint density at radius 3 is 1.13 bits per heavy atom. The molecule has 5 aromatic carbocycles. The highest BCUT2D eigenvalue weighted by atomic mass is 32.7. The molecule has 0 aliphatic carbocycles. The number of para-hydroxylation sites is 1. The first-order chi connectivity index (χ1) is 19.2. The Balaban J connectivity index is 1.83. The second-order valence-electron chi connectivity index (χ2n) is 8.89. The van der Waals surface area contributed by atoms with E-state index in [0.29, 0.717) is 0 Å². The van der Waals surface area contributed by atoms with Crippen LogP contribution in [-0.4, -0.2) is 6.26 Å². The van der Waals surface area contributed by atoms with Crippen LogP contribution < -0.4 is 25.7 Å². The average molecular weight is 584 g/mol. The topological polar surface area (TPSA) is 46.3 Å². The summed E-state index contributed by atoms with van der Waals surface area (Å²) in [5.41, 5.74) is 0. The fraction of sp³-hybridized carbons (Fsp3) is 0.0323. The van der Waals surface area contributed by atoms with Gasteiger partial charge in [0.15, 0.2) is 0 Å². The fourth-order valence-electron chi connectivity index (χ4n) is 4.59. The molecule has 1 unspecified atom stereocenters. The fourth-order valence-corrected chi connectivity index (χ4v) is 21.4. The van der Waals surface area contributed by atoms with Gasteiger partial charge in [-0.05, 0) is 18.4 Å². The molecule has 0 radical (unpaired) electrons. The van der Waals surface area contributed by atoms with E-state index in [1.165, 1.54) is 0 Å². The molecule has 1 aliphatic rings. The molecule has 0 spiro atoms. The van der Waals surface area contributed by atoms with E-state index >= 15 is 0 Å². The molecular formula is C31H28N3OP3S. The van der Waals surface area contributed by atoms with Crippen LogP contribution in [-0.2, 0) is 0 Å². The summed E-state index contributed by atoms with van der Waals surface area (Å²) in [6.07, 6.45) is 2.07. The molecule has 0 N–H and O–H groups in total. The van der Waals surface area contributed by atoms with Crippen LogP contribution in [0.1, 0.15) is 0 Å². The van der Waals surface area contributed by atoms with E-state index in [-0.39, 0.29) is 0 Å². The minimum Gasteiger partial charge on any atom is -0.434 e. The quantitative estimate of drug-likeness (QED) is 0.180. The molecule has 0 fully saturated rings. The van der Waals surface area contributed by atoms with E-state index in [0.717, 1.165) is 27.0 Å². The molecule has 1 atom stereocenters. The van der Waals surface area contributed by atoms with E-state index in [1.54, 1.807) is 11.4 Å². The van der Waals surface area contributed by atoms with Crippen LogP contribution in [0.2, 0.25) is 0 Å². The summed E-state index contributed by atoms with van der Waals surface area (Å²) in [4.78, 5) is 0. The molecule has 1 aliphatic heterocycles. The molecule has 194 valence electrons. The van der Waals surface area contributed by atoms with Gasteiger partial charge >= 0.3 is 6.63 Å². The van der Waals surface area contributed by atoms with Gasteiger partial charge in [0.25, 0.3) is 0 Å². The Morgan fingerprint density at radius 2 is 0.769 bits per heavy atom. The first-order valence-corrected chi connectivity index (χ1v) is 19.5. The highest BCUT2D eigenvalue weighted by molar-refractivity contribution is 8.57. The molecule has 0 saturated carbocycles. The highest BCUT2D eigenvalue weighted by Gasteiger charge is 2.42. The molecule has 5 aromatic rings. The average Bonchev–Trinajstić information content (AvgIpc) is 3.03. The monoisotopic (exact) mass is 583 g/mol. The summed E-state index contributed by atoms with van der Waals surface area (Å²) < 4.78 is 24.3. The normalized spacial score (nSPS) is 19.1. The van der Waals surface area contributed by atoms with Crippen molar-refractivity contribution >= 4 is 53.6 Å². The molecular weight excluding hydrogens is 555 g/mol. The minimum atomic E-state index is -2.83. The lowest BCUT2D eigenvalue weighted by atomic mass is 10.3. The number of rotatable bonds is 7. The van der Waals surface area contributed by atoms with Gasteiger partial charge < -0.3 is 4.52 Å². The zero-order valence-corrected chi connectivity index (χ0v) is 24.9. The first-order valence-electron chi connectivity index (χ1n) is 12.6. The van der Waals surface area contributed by atoms with Crippen LogP contribution in [0, 0.1) is 0 Å². The van der Waals surface area contributed by atoms with E-state index < -0.39 is 21.0 Å². The Labute approximate surface area is 234 Å². The van der Waals surface area contributed by atoms with Crippen molar-refractivity contribution in [3.8, 4) is 5.75 Å². The minimum absolute atomic E-state index is 0.771. The van der Waals surface area contributed by atoms with E-state index in [4.69, 9.17) is 18.1 Å². The lowest BCUT2D eigenvalue weighted by molar-refractivity contribution is 0.620. The van der Waals surface area contributed by atoms with Crippen molar-refractivity contribution in [2.45, 2.75) is 0 Å². The number of nitrogens with zero attached hydrogens (tertiary/aromatic N) is 3. The maximum Gasteiger partial charge on any atom is 0.312 e. The molecule has 0 amide bonds. The van der Waals surface area contributed by atoms with Crippen LogP contribution >= 0.6 is 32.4 Å². The molecule has 39 heavy (non-hydrogen) atoms. The summed E-state index contributed by atoms with van der Waals surface area (Å²) in [6.45, 7) is -2.83. The molecule has 0 aromatic heterocycles. The Morgan fingerprint density at radius 1 is 0.436 bits per heavy atom. The predicted octanol–water partition coefficient (Wildman–Crippen LogP) is 8.92. The lowest BCUT2D eigenvalue weighted by Crippen LogP contribution is -2.21. The SMILES string of the molecule is CSP1(Oc2ccccc2)=NP(c2ccccc2)(c2ccccc2)=NP(c2ccccc2)(c2ccccc2)=N1. The maximum atomic E-state index is 6.92. The molecule has 4 nitrogen and oxygen atoms in total. The van der Waals surface area contributed by atoms with Crippen LogP contribution in [0.4, 0.5) is 0 Å². The summed E-state index contributed by atoms with van der Waals surface area (Å²) >= 11 is 1.62. The maximum absolute atomic E-state index is 6.92. The Hall–Kier alpha value is -3.06. The molecule has 1 heterocycles. The van der Waals surface area contributed by atoms with Crippen molar-refractivity contribution in [3.05, 3.63) is 152 Å². The molecule has 0 bridgehead atoms.